The summed E-state index contributed by atoms with van der Waals surface area (Å²) >= 11 is 0. The van der Waals surface area contributed by atoms with Crippen molar-refractivity contribution >= 4 is 6.03 Å². The highest BCUT2D eigenvalue weighted by molar-refractivity contribution is 5.74. The number of hydrogen-bond acceptors (Lipinski definition) is 3. The number of carbonyl (C=O) groups excluding carboxylic acids is 1. The average Bonchev–Trinajstić information content (AvgIpc) is 2.78. The number of rotatable bonds is 2. The Morgan fingerprint density at radius 3 is 2.74 bits per heavy atom. The summed E-state index contributed by atoms with van der Waals surface area (Å²) in [4.78, 5) is 13.1. The molecular formula is C10H14F3N5O. The fourth-order valence-corrected chi connectivity index (χ4v) is 1.88. The number of fused-ring (bicyclic) bond motifs is 1. The van der Waals surface area contributed by atoms with Crippen LogP contribution in [0.15, 0.2) is 0 Å². The van der Waals surface area contributed by atoms with E-state index >= 15 is 0 Å². The van der Waals surface area contributed by atoms with Crippen LogP contribution in [0, 0.1) is 0 Å². The minimum atomic E-state index is -4.52. The molecule has 0 spiro atoms. The second kappa shape index (κ2) is 5.06. The molecule has 1 N–H and O–H groups in total. The van der Waals surface area contributed by atoms with Crippen LogP contribution < -0.4 is 5.32 Å². The van der Waals surface area contributed by atoms with Crippen molar-refractivity contribution in [1.29, 1.82) is 0 Å². The zero-order chi connectivity index (χ0) is 14.0. The third-order valence-corrected chi connectivity index (χ3v) is 2.82. The van der Waals surface area contributed by atoms with Crippen molar-refractivity contribution in [3.63, 3.8) is 0 Å². The quantitative estimate of drug-likeness (QED) is 0.884. The summed E-state index contributed by atoms with van der Waals surface area (Å²) in [5, 5.41) is 9.34. The average molecular weight is 277 g/mol. The van der Waals surface area contributed by atoms with Gasteiger partial charge in [-0.3, -0.25) is 0 Å². The fourth-order valence-electron chi connectivity index (χ4n) is 1.88. The summed E-state index contributed by atoms with van der Waals surface area (Å²) < 4.78 is 38.9. The molecular weight excluding hydrogens is 263 g/mol. The van der Waals surface area contributed by atoms with Crippen LogP contribution in [0.2, 0.25) is 0 Å². The first-order valence-corrected chi connectivity index (χ1v) is 5.95. The monoisotopic (exact) mass is 277 g/mol. The van der Waals surface area contributed by atoms with Crippen molar-refractivity contribution in [3.8, 4) is 0 Å². The Morgan fingerprint density at radius 2 is 2.11 bits per heavy atom. The molecule has 0 aliphatic carbocycles. The van der Waals surface area contributed by atoms with Crippen molar-refractivity contribution in [3.05, 3.63) is 11.6 Å². The summed E-state index contributed by atoms with van der Waals surface area (Å²) in [6.45, 7) is 2.76. The van der Waals surface area contributed by atoms with Gasteiger partial charge >= 0.3 is 12.2 Å². The van der Waals surface area contributed by atoms with E-state index < -0.39 is 12.0 Å². The molecule has 19 heavy (non-hydrogen) atoms. The number of nitrogens with zero attached hydrogens (tertiary/aromatic N) is 4. The molecule has 0 aromatic carbocycles. The highest BCUT2D eigenvalue weighted by Gasteiger charge is 2.39. The predicted octanol–water partition coefficient (Wildman–Crippen LogP) is 1.23. The zero-order valence-electron chi connectivity index (χ0n) is 10.4. The number of nitrogens with one attached hydrogen (secondary N) is 1. The van der Waals surface area contributed by atoms with Gasteiger partial charge < -0.3 is 14.8 Å². The van der Waals surface area contributed by atoms with Gasteiger partial charge in [0.2, 0.25) is 5.82 Å². The number of aromatic nitrogens is 3. The van der Waals surface area contributed by atoms with E-state index in [1.807, 2.05) is 6.92 Å². The van der Waals surface area contributed by atoms with E-state index in [0.29, 0.717) is 6.54 Å². The largest absolute Gasteiger partial charge is 0.451 e. The van der Waals surface area contributed by atoms with Gasteiger partial charge in [-0.25, -0.2) is 4.79 Å². The van der Waals surface area contributed by atoms with Gasteiger partial charge in [0, 0.05) is 19.6 Å². The van der Waals surface area contributed by atoms with Gasteiger partial charge in [-0.1, -0.05) is 6.92 Å². The van der Waals surface area contributed by atoms with Gasteiger partial charge in [0.25, 0.3) is 0 Å². The van der Waals surface area contributed by atoms with E-state index in [2.05, 4.69) is 15.5 Å². The highest BCUT2D eigenvalue weighted by atomic mass is 19.4. The Hall–Kier alpha value is -1.80. The highest BCUT2D eigenvalue weighted by Crippen LogP contribution is 2.29. The molecule has 2 rings (SSSR count). The molecule has 0 radical (unpaired) electrons. The zero-order valence-corrected chi connectivity index (χ0v) is 10.4. The molecule has 1 aromatic rings. The molecule has 0 bridgehead atoms. The fraction of sp³-hybridized carbons (Fsp3) is 0.700. The van der Waals surface area contributed by atoms with Gasteiger partial charge in [0.1, 0.15) is 0 Å². The van der Waals surface area contributed by atoms with E-state index in [-0.39, 0.29) is 31.5 Å². The lowest BCUT2D eigenvalue weighted by Gasteiger charge is -2.28. The van der Waals surface area contributed by atoms with Crippen LogP contribution in [0.3, 0.4) is 0 Å². The van der Waals surface area contributed by atoms with Crippen LogP contribution in [0.5, 0.6) is 0 Å². The maximum Gasteiger partial charge on any atom is 0.451 e. The molecule has 6 nitrogen and oxygen atoms in total. The minimum Gasteiger partial charge on any atom is -0.338 e. The third kappa shape index (κ3) is 2.79. The Labute approximate surface area is 107 Å². The number of hydrogen-bond donors (Lipinski definition) is 1. The van der Waals surface area contributed by atoms with Crippen molar-refractivity contribution < 1.29 is 18.0 Å². The molecule has 9 heteroatoms. The maximum absolute atomic E-state index is 12.6. The number of urea groups is 1. The second-order valence-corrected chi connectivity index (χ2v) is 4.24. The van der Waals surface area contributed by atoms with E-state index in [0.717, 1.165) is 11.0 Å². The van der Waals surface area contributed by atoms with Gasteiger partial charge in [0.15, 0.2) is 5.82 Å². The molecule has 0 saturated heterocycles. The summed E-state index contributed by atoms with van der Waals surface area (Å²) in [5.74, 6) is -0.846. The van der Waals surface area contributed by atoms with Crippen molar-refractivity contribution in [2.24, 2.45) is 0 Å². The van der Waals surface area contributed by atoms with Gasteiger partial charge in [-0.2, -0.15) is 13.2 Å². The summed E-state index contributed by atoms with van der Waals surface area (Å²) in [6.07, 6.45) is -3.72. The summed E-state index contributed by atoms with van der Waals surface area (Å²) in [5.41, 5.74) is 0. The molecule has 0 atom stereocenters. The molecule has 1 aliphatic rings. The first-order chi connectivity index (χ1) is 8.93. The first kappa shape index (κ1) is 13.6. The Kier molecular flexibility index (Phi) is 3.63. The van der Waals surface area contributed by atoms with Crippen molar-refractivity contribution in [2.75, 3.05) is 13.1 Å². The van der Waals surface area contributed by atoms with Gasteiger partial charge in [-0.05, 0) is 6.42 Å². The van der Waals surface area contributed by atoms with E-state index in [4.69, 9.17) is 0 Å². The third-order valence-electron chi connectivity index (χ3n) is 2.82. The van der Waals surface area contributed by atoms with E-state index in [1.54, 1.807) is 0 Å². The van der Waals surface area contributed by atoms with Crippen molar-refractivity contribution in [2.45, 2.75) is 32.6 Å². The lowest BCUT2D eigenvalue weighted by atomic mass is 10.3. The van der Waals surface area contributed by atoms with E-state index in [1.165, 1.54) is 4.90 Å². The number of carbonyl (C=O) groups is 1. The molecule has 0 unspecified atom stereocenters. The molecule has 2 heterocycles. The molecule has 106 valence electrons. The molecule has 0 saturated carbocycles. The second-order valence-electron chi connectivity index (χ2n) is 4.24. The Morgan fingerprint density at radius 1 is 1.37 bits per heavy atom. The minimum absolute atomic E-state index is 0.0403. The van der Waals surface area contributed by atoms with Crippen LogP contribution in [0.4, 0.5) is 18.0 Å². The SMILES string of the molecule is CCCNC(=O)N1CCn2c(nnc2C(F)(F)F)C1. The molecule has 0 fully saturated rings. The van der Waals surface area contributed by atoms with Gasteiger partial charge in [-0.15, -0.1) is 10.2 Å². The van der Waals surface area contributed by atoms with Gasteiger partial charge in [0.05, 0.1) is 6.54 Å². The standard InChI is InChI=1S/C10H14F3N5O/c1-2-3-14-9(19)17-4-5-18-7(6-17)15-16-8(18)10(11,12)13/h2-6H2,1H3,(H,14,19). The molecule has 2 amide bonds. The predicted molar refractivity (Wildman–Crippen MR) is 59.1 cm³/mol. The van der Waals surface area contributed by atoms with Crippen LogP contribution in [-0.2, 0) is 19.3 Å². The normalized spacial score (nSPS) is 15.3. The van der Waals surface area contributed by atoms with E-state index in [9.17, 15) is 18.0 Å². The van der Waals surface area contributed by atoms with Crippen LogP contribution in [-0.4, -0.2) is 38.8 Å². The smallest absolute Gasteiger partial charge is 0.338 e. The van der Waals surface area contributed by atoms with Crippen LogP contribution >= 0.6 is 0 Å². The lowest BCUT2D eigenvalue weighted by Crippen LogP contribution is -2.44. The Bertz CT molecular complexity index is 470. The molecule has 1 aliphatic heterocycles. The number of halogens is 3. The Balaban J connectivity index is 2.09. The van der Waals surface area contributed by atoms with Crippen LogP contribution in [0.25, 0.3) is 0 Å². The maximum atomic E-state index is 12.6. The molecule has 1 aromatic heterocycles. The number of alkyl halides is 3. The lowest BCUT2D eigenvalue weighted by molar-refractivity contribution is -0.147. The summed E-state index contributed by atoms with van der Waals surface area (Å²) in [7, 11) is 0. The number of amides is 2. The first-order valence-electron chi connectivity index (χ1n) is 5.95. The van der Waals surface area contributed by atoms with Crippen molar-refractivity contribution in [1.82, 2.24) is 25.0 Å². The topological polar surface area (TPSA) is 63.1 Å². The van der Waals surface area contributed by atoms with Crippen LogP contribution in [0.1, 0.15) is 25.0 Å². The summed E-state index contributed by atoms with van der Waals surface area (Å²) in [6, 6.07) is -0.287.